The Morgan fingerprint density at radius 2 is 1.77 bits per heavy atom. The van der Waals surface area contributed by atoms with Crippen molar-refractivity contribution in [2.75, 3.05) is 24.6 Å². The first-order valence-corrected chi connectivity index (χ1v) is 6.74. The first-order valence-electron chi connectivity index (χ1n) is 5.59. The summed E-state index contributed by atoms with van der Waals surface area (Å²) in [7, 11) is 0. The maximum atomic E-state index is 2.72. The second-order valence-corrected chi connectivity index (χ2v) is 6.00. The van der Waals surface area contributed by atoms with E-state index in [0.29, 0.717) is 0 Å². The second-order valence-electron chi connectivity index (χ2n) is 4.78. The molecule has 0 spiro atoms. The Bertz CT molecular complexity index is 157. The third kappa shape index (κ3) is 2.21. The Kier molecular flexibility index (Phi) is 3.20. The molecule has 0 bridgehead atoms. The quantitative estimate of drug-likeness (QED) is 0.672. The van der Waals surface area contributed by atoms with E-state index in [-0.39, 0.29) is 0 Å². The van der Waals surface area contributed by atoms with Crippen molar-refractivity contribution < 1.29 is 0 Å². The van der Waals surface area contributed by atoms with Crippen molar-refractivity contribution in [2.45, 2.75) is 32.7 Å². The van der Waals surface area contributed by atoms with E-state index in [1.165, 1.54) is 37.4 Å². The van der Waals surface area contributed by atoms with Gasteiger partial charge in [-0.2, -0.15) is 11.8 Å². The summed E-state index contributed by atoms with van der Waals surface area (Å²) in [5.74, 6) is 4.67. The monoisotopic (exact) mass is 199 g/mol. The molecule has 0 aromatic rings. The molecule has 0 N–H and O–H groups in total. The van der Waals surface area contributed by atoms with E-state index in [2.05, 4.69) is 30.5 Å². The van der Waals surface area contributed by atoms with Crippen LogP contribution in [0.3, 0.4) is 0 Å². The van der Waals surface area contributed by atoms with Crippen molar-refractivity contribution in [3.8, 4) is 0 Å². The topological polar surface area (TPSA) is 3.24 Å². The Hall–Kier alpha value is 0.310. The van der Waals surface area contributed by atoms with Gasteiger partial charge >= 0.3 is 0 Å². The maximum absolute atomic E-state index is 2.72. The molecule has 13 heavy (non-hydrogen) atoms. The van der Waals surface area contributed by atoms with Crippen LogP contribution in [0.2, 0.25) is 0 Å². The molecule has 0 aromatic heterocycles. The van der Waals surface area contributed by atoms with E-state index < -0.39 is 0 Å². The highest BCUT2D eigenvalue weighted by Crippen LogP contribution is 2.37. The largest absolute Gasteiger partial charge is 0.299 e. The number of thioether (sulfide) groups is 1. The van der Waals surface area contributed by atoms with Gasteiger partial charge < -0.3 is 0 Å². The van der Waals surface area contributed by atoms with Crippen LogP contribution in [0.25, 0.3) is 0 Å². The summed E-state index contributed by atoms with van der Waals surface area (Å²) in [4.78, 5) is 2.72. The molecule has 1 saturated heterocycles. The van der Waals surface area contributed by atoms with Gasteiger partial charge in [-0.25, -0.2) is 0 Å². The average Bonchev–Trinajstić information content (AvgIpc) is 2.02. The Morgan fingerprint density at radius 3 is 2.31 bits per heavy atom. The van der Waals surface area contributed by atoms with Crippen LogP contribution >= 0.6 is 11.8 Å². The summed E-state index contributed by atoms with van der Waals surface area (Å²) < 4.78 is 0. The summed E-state index contributed by atoms with van der Waals surface area (Å²) in [6, 6.07) is 0.952. The van der Waals surface area contributed by atoms with E-state index in [4.69, 9.17) is 0 Å². The smallest absolute Gasteiger partial charge is 0.0101 e. The van der Waals surface area contributed by atoms with Crippen LogP contribution < -0.4 is 0 Å². The van der Waals surface area contributed by atoms with Crippen molar-refractivity contribution in [1.29, 1.82) is 0 Å². The maximum Gasteiger partial charge on any atom is 0.0101 e. The molecule has 0 aromatic carbocycles. The molecule has 0 unspecified atom stereocenters. The van der Waals surface area contributed by atoms with Gasteiger partial charge in [0.05, 0.1) is 0 Å². The summed E-state index contributed by atoms with van der Waals surface area (Å²) in [5, 5.41) is 0. The van der Waals surface area contributed by atoms with Crippen molar-refractivity contribution in [1.82, 2.24) is 4.90 Å². The van der Waals surface area contributed by atoms with Crippen LogP contribution in [0, 0.1) is 11.8 Å². The molecular formula is C11H21NS. The zero-order valence-electron chi connectivity index (χ0n) is 8.83. The van der Waals surface area contributed by atoms with Crippen molar-refractivity contribution in [3.63, 3.8) is 0 Å². The van der Waals surface area contributed by atoms with Gasteiger partial charge in [-0.1, -0.05) is 13.8 Å². The highest BCUT2D eigenvalue weighted by Gasteiger charge is 2.35. The summed E-state index contributed by atoms with van der Waals surface area (Å²) in [5.41, 5.74) is 0. The van der Waals surface area contributed by atoms with Crippen LogP contribution in [0.4, 0.5) is 0 Å². The molecule has 1 heterocycles. The molecule has 1 aliphatic carbocycles. The average molecular weight is 199 g/mol. The van der Waals surface area contributed by atoms with E-state index in [0.717, 1.165) is 17.9 Å². The van der Waals surface area contributed by atoms with Crippen molar-refractivity contribution in [3.05, 3.63) is 0 Å². The minimum Gasteiger partial charge on any atom is -0.299 e. The first-order chi connectivity index (χ1) is 6.27. The van der Waals surface area contributed by atoms with E-state index in [1.54, 1.807) is 0 Å². The molecule has 0 amide bonds. The van der Waals surface area contributed by atoms with Gasteiger partial charge in [-0.05, 0) is 24.7 Å². The lowest BCUT2D eigenvalue weighted by Gasteiger charge is -2.46. The SMILES string of the molecule is CC(C)C1CC(N2CCSCC2)C1. The minimum atomic E-state index is 0.912. The fraction of sp³-hybridized carbons (Fsp3) is 1.00. The van der Waals surface area contributed by atoms with Crippen LogP contribution in [-0.4, -0.2) is 35.5 Å². The molecule has 2 aliphatic rings. The Morgan fingerprint density at radius 1 is 1.15 bits per heavy atom. The third-order valence-corrected chi connectivity index (χ3v) is 4.60. The first kappa shape index (κ1) is 9.85. The predicted molar refractivity (Wildman–Crippen MR) is 60.2 cm³/mol. The molecule has 1 saturated carbocycles. The van der Waals surface area contributed by atoms with Gasteiger partial charge in [0, 0.05) is 30.6 Å². The molecule has 0 atom stereocenters. The highest BCUT2D eigenvalue weighted by atomic mass is 32.2. The van der Waals surface area contributed by atoms with Gasteiger partial charge in [0.15, 0.2) is 0 Å². The lowest BCUT2D eigenvalue weighted by Crippen LogP contribution is -2.49. The Balaban J connectivity index is 1.72. The molecule has 1 nitrogen and oxygen atoms in total. The van der Waals surface area contributed by atoms with Crippen LogP contribution in [0.5, 0.6) is 0 Å². The molecule has 1 aliphatic heterocycles. The minimum absolute atomic E-state index is 0.912. The number of hydrogen-bond acceptors (Lipinski definition) is 2. The normalized spacial score (nSPS) is 36.2. The van der Waals surface area contributed by atoms with Crippen LogP contribution in [0.15, 0.2) is 0 Å². The van der Waals surface area contributed by atoms with E-state index in [9.17, 15) is 0 Å². The van der Waals surface area contributed by atoms with Gasteiger partial charge in [0.2, 0.25) is 0 Å². The van der Waals surface area contributed by atoms with Crippen LogP contribution in [0.1, 0.15) is 26.7 Å². The van der Waals surface area contributed by atoms with Crippen molar-refractivity contribution in [2.24, 2.45) is 11.8 Å². The van der Waals surface area contributed by atoms with E-state index in [1.807, 2.05) is 0 Å². The van der Waals surface area contributed by atoms with Crippen molar-refractivity contribution >= 4 is 11.8 Å². The summed E-state index contributed by atoms with van der Waals surface area (Å²) in [6.45, 7) is 7.43. The fourth-order valence-electron chi connectivity index (χ4n) is 2.41. The summed E-state index contributed by atoms with van der Waals surface area (Å²) >= 11 is 2.12. The van der Waals surface area contributed by atoms with Crippen LogP contribution in [-0.2, 0) is 0 Å². The Labute approximate surface area is 86.3 Å². The highest BCUT2D eigenvalue weighted by molar-refractivity contribution is 7.99. The van der Waals surface area contributed by atoms with Gasteiger partial charge in [0.1, 0.15) is 0 Å². The molecule has 0 radical (unpaired) electrons. The predicted octanol–water partition coefficient (Wildman–Crippen LogP) is 2.47. The van der Waals surface area contributed by atoms with Gasteiger partial charge in [-0.15, -0.1) is 0 Å². The standard InChI is InChI=1S/C11H21NS/c1-9(2)10-7-11(8-10)12-3-5-13-6-4-12/h9-11H,3-8H2,1-2H3. The second kappa shape index (κ2) is 4.22. The molecular weight excluding hydrogens is 178 g/mol. The van der Waals surface area contributed by atoms with E-state index >= 15 is 0 Å². The zero-order valence-corrected chi connectivity index (χ0v) is 9.65. The molecule has 2 heteroatoms. The van der Waals surface area contributed by atoms with Gasteiger partial charge in [0.25, 0.3) is 0 Å². The lowest BCUT2D eigenvalue weighted by atomic mass is 9.73. The number of nitrogens with zero attached hydrogens (tertiary/aromatic N) is 1. The number of hydrogen-bond donors (Lipinski definition) is 0. The van der Waals surface area contributed by atoms with Gasteiger partial charge in [-0.3, -0.25) is 4.90 Å². The zero-order chi connectivity index (χ0) is 9.26. The summed E-state index contributed by atoms with van der Waals surface area (Å²) in [6.07, 6.45) is 2.95. The molecule has 76 valence electrons. The fourth-order valence-corrected chi connectivity index (χ4v) is 3.35. The third-order valence-electron chi connectivity index (χ3n) is 3.65. The lowest BCUT2D eigenvalue weighted by molar-refractivity contribution is 0.0629. The molecule has 2 fully saturated rings. The molecule has 2 rings (SSSR count). The number of rotatable bonds is 2.